The van der Waals surface area contributed by atoms with Crippen molar-refractivity contribution in [2.24, 2.45) is 0 Å². The number of rotatable bonds is 4. The Balaban J connectivity index is 3.03. The van der Waals surface area contributed by atoms with Crippen molar-refractivity contribution < 1.29 is 32.6 Å². The van der Waals surface area contributed by atoms with E-state index >= 15 is 0 Å². The van der Waals surface area contributed by atoms with Crippen molar-refractivity contribution in [1.82, 2.24) is 5.32 Å². The van der Waals surface area contributed by atoms with Crippen molar-refractivity contribution in [2.75, 3.05) is 5.32 Å². The van der Waals surface area contributed by atoms with Crippen LogP contribution in [-0.4, -0.2) is 34.4 Å². The SMILES string of the molecule is CC(C)(C)OC(=O)NC(C)(C)C(O)c1ccccc1NC(=O)C(F)(F)F. The van der Waals surface area contributed by atoms with Gasteiger partial charge in [-0.2, -0.15) is 13.2 Å². The molecule has 0 aliphatic carbocycles. The van der Waals surface area contributed by atoms with Gasteiger partial charge in [0.25, 0.3) is 0 Å². The lowest BCUT2D eigenvalue weighted by atomic mass is 9.90. The highest BCUT2D eigenvalue weighted by Gasteiger charge is 2.40. The normalized spacial score (nSPS) is 13.7. The van der Waals surface area contributed by atoms with Gasteiger partial charge >= 0.3 is 18.2 Å². The minimum absolute atomic E-state index is 0.0196. The van der Waals surface area contributed by atoms with E-state index in [1.54, 1.807) is 26.1 Å². The first-order valence-electron chi connectivity index (χ1n) is 7.80. The standard InChI is InChI=1S/C17H23F3N2O4/c1-15(2,3)26-14(25)22-16(4,5)12(23)10-8-6-7-9-11(10)21-13(24)17(18,19)20/h6-9,12,23H,1-5H3,(H,21,24)(H,22,25). The summed E-state index contributed by atoms with van der Waals surface area (Å²) in [5, 5.41) is 14.8. The van der Waals surface area contributed by atoms with Gasteiger partial charge in [-0.3, -0.25) is 4.79 Å². The van der Waals surface area contributed by atoms with E-state index in [0.717, 1.165) is 0 Å². The number of carbonyl (C=O) groups is 2. The van der Waals surface area contributed by atoms with Gasteiger partial charge in [-0.15, -0.1) is 0 Å². The van der Waals surface area contributed by atoms with Crippen LogP contribution < -0.4 is 10.6 Å². The first kappa shape index (κ1) is 21.8. The first-order valence-corrected chi connectivity index (χ1v) is 7.80. The van der Waals surface area contributed by atoms with Crippen molar-refractivity contribution in [3.05, 3.63) is 29.8 Å². The summed E-state index contributed by atoms with van der Waals surface area (Å²) in [4.78, 5) is 23.1. The van der Waals surface area contributed by atoms with Gasteiger partial charge in [-0.05, 0) is 40.7 Å². The summed E-state index contributed by atoms with van der Waals surface area (Å²) < 4.78 is 42.6. The largest absolute Gasteiger partial charge is 0.471 e. The molecule has 3 N–H and O–H groups in total. The average Bonchev–Trinajstić information content (AvgIpc) is 2.43. The Bertz CT molecular complexity index is 667. The van der Waals surface area contributed by atoms with Gasteiger partial charge in [0.1, 0.15) is 11.7 Å². The van der Waals surface area contributed by atoms with E-state index in [1.807, 2.05) is 0 Å². The Hall–Kier alpha value is -2.29. The molecule has 26 heavy (non-hydrogen) atoms. The maximum absolute atomic E-state index is 12.5. The van der Waals surface area contributed by atoms with E-state index in [2.05, 4.69) is 5.32 Å². The van der Waals surface area contributed by atoms with E-state index in [9.17, 15) is 27.9 Å². The lowest BCUT2D eigenvalue weighted by Crippen LogP contribution is -2.49. The molecule has 0 aliphatic rings. The van der Waals surface area contributed by atoms with Crippen LogP contribution in [-0.2, 0) is 9.53 Å². The molecule has 1 aromatic carbocycles. The number of para-hydroxylation sites is 1. The molecule has 0 fully saturated rings. The molecule has 0 bridgehead atoms. The number of benzene rings is 1. The van der Waals surface area contributed by atoms with Crippen molar-refractivity contribution in [3.63, 3.8) is 0 Å². The predicted molar refractivity (Wildman–Crippen MR) is 89.5 cm³/mol. The quantitative estimate of drug-likeness (QED) is 0.750. The number of nitrogens with one attached hydrogen (secondary N) is 2. The van der Waals surface area contributed by atoms with Crippen molar-refractivity contribution in [1.29, 1.82) is 0 Å². The Labute approximate surface area is 149 Å². The number of carbonyl (C=O) groups excluding carboxylic acids is 2. The summed E-state index contributed by atoms with van der Waals surface area (Å²) in [7, 11) is 0. The maximum Gasteiger partial charge on any atom is 0.471 e. The lowest BCUT2D eigenvalue weighted by Gasteiger charge is -2.33. The first-order chi connectivity index (χ1) is 11.6. The molecule has 1 aromatic rings. The highest BCUT2D eigenvalue weighted by molar-refractivity contribution is 5.95. The Kier molecular flexibility index (Phi) is 6.30. The number of ether oxygens (including phenoxy) is 1. The van der Waals surface area contributed by atoms with E-state index in [1.165, 1.54) is 38.1 Å². The highest BCUT2D eigenvalue weighted by Crippen LogP contribution is 2.32. The van der Waals surface area contributed by atoms with Crippen LogP contribution in [0.3, 0.4) is 0 Å². The Morgan fingerprint density at radius 3 is 2.12 bits per heavy atom. The predicted octanol–water partition coefficient (Wildman–Crippen LogP) is 3.52. The molecule has 0 spiro atoms. The minimum Gasteiger partial charge on any atom is -0.444 e. The number of alkyl carbamates (subject to hydrolysis) is 1. The number of aliphatic hydroxyl groups excluding tert-OH is 1. The van der Waals surface area contributed by atoms with Crippen LogP contribution in [0.5, 0.6) is 0 Å². The van der Waals surface area contributed by atoms with Crippen LogP contribution in [0.1, 0.15) is 46.3 Å². The van der Waals surface area contributed by atoms with Gasteiger partial charge in [0.05, 0.1) is 5.54 Å². The second kappa shape index (κ2) is 7.53. The smallest absolute Gasteiger partial charge is 0.444 e. The van der Waals surface area contributed by atoms with E-state index in [0.29, 0.717) is 0 Å². The van der Waals surface area contributed by atoms with Crippen molar-refractivity contribution >= 4 is 17.7 Å². The van der Waals surface area contributed by atoms with Crippen LogP contribution in [0, 0.1) is 0 Å². The number of amides is 2. The van der Waals surface area contributed by atoms with E-state index in [-0.39, 0.29) is 11.3 Å². The summed E-state index contributed by atoms with van der Waals surface area (Å²) in [5.41, 5.74) is -2.24. The summed E-state index contributed by atoms with van der Waals surface area (Å²) in [5.74, 6) is -2.16. The molecule has 0 aromatic heterocycles. The summed E-state index contributed by atoms with van der Waals surface area (Å²) in [6.07, 6.45) is -7.28. The van der Waals surface area contributed by atoms with Crippen LogP contribution in [0.25, 0.3) is 0 Å². The zero-order valence-electron chi connectivity index (χ0n) is 15.2. The third-order valence-electron chi connectivity index (χ3n) is 3.27. The molecule has 1 rings (SSSR count). The molecular formula is C17H23F3N2O4. The molecule has 0 saturated carbocycles. The highest BCUT2D eigenvalue weighted by atomic mass is 19.4. The molecule has 2 amide bonds. The molecule has 146 valence electrons. The van der Waals surface area contributed by atoms with Gasteiger partial charge in [-0.25, -0.2) is 4.79 Å². The van der Waals surface area contributed by atoms with Crippen LogP contribution in [0.15, 0.2) is 24.3 Å². The van der Waals surface area contributed by atoms with Gasteiger partial charge < -0.3 is 20.5 Å². The Morgan fingerprint density at radius 1 is 1.08 bits per heavy atom. The fraction of sp³-hybridized carbons (Fsp3) is 0.529. The van der Waals surface area contributed by atoms with Crippen LogP contribution in [0.2, 0.25) is 0 Å². The van der Waals surface area contributed by atoms with Gasteiger partial charge in [0.15, 0.2) is 0 Å². The van der Waals surface area contributed by atoms with Gasteiger partial charge in [0.2, 0.25) is 0 Å². The molecule has 0 aliphatic heterocycles. The zero-order chi connectivity index (χ0) is 20.3. The molecular weight excluding hydrogens is 353 g/mol. The zero-order valence-corrected chi connectivity index (χ0v) is 15.2. The van der Waals surface area contributed by atoms with E-state index < -0.39 is 35.4 Å². The average molecular weight is 376 g/mol. The second-order valence-electron chi connectivity index (χ2n) is 7.29. The van der Waals surface area contributed by atoms with Gasteiger partial charge in [-0.1, -0.05) is 18.2 Å². The third kappa shape index (κ3) is 6.21. The molecule has 1 unspecified atom stereocenters. The molecule has 1 atom stereocenters. The molecule has 0 saturated heterocycles. The number of hydrogen-bond donors (Lipinski definition) is 3. The van der Waals surface area contributed by atoms with E-state index in [4.69, 9.17) is 4.74 Å². The number of halogens is 3. The molecule has 6 nitrogen and oxygen atoms in total. The third-order valence-corrected chi connectivity index (χ3v) is 3.27. The van der Waals surface area contributed by atoms with Crippen molar-refractivity contribution in [3.8, 4) is 0 Å². The number of aliphatic hydroxyl groups is 1. The Morgan fingerprint density at radius 2 is 1.62 bits per heavy atom. The topological polar surface area (TPSA) is 87.7 Å². The number of hydrogen-bond acceptors (Lipinski definition) is 4. The van der Waals surface area contributed by atoms with Crippen molar-refractivity contribution in [2.45, 2.75) is 58.0 Å². The van der Waals surface area contributed by atoms with Gasteiger partial charge in [0, 0.05) is 11.3 Å². The summed E-state index contributed by atoms with van der Waals surface area (Å²) >= 11 is 0. The van der Waals surface area contributed by atoms with Crippen LogP contribution >= 0.6 is 0 Å². The summed E-state index contributed by atoms with van der Waals surface area (Å²) in [6, 6.07) is 5.49. The lowest BCUT2D eigenvalue weighted by molar-refractivity contribution is -0.167. The molecule has 0 radical (unpaired) electrons. The number of alkyl halides is 3. The number of anilines is 1. The second-order valence-corrected chi connectivity index (χ2v) is 7.29. The maximum atomic E-state index is 12.5. The monoisotopic (exact) mass is 376 g/mol. The minimum atomic E-state index is -5.07. The fourth-order valence-corrected chi connectivity index (χ4v) is 2.07. The molecule has 0 heterocycles. The van der Waals surface area contributed by atoms with Crippen LogP contribution in [0.4, 0.5) is 23.7 Å². The summed E-state index contributed by atoms with van der Waals surface area (Å²) in [6.45, 7) is 7.95. The fourth-order valence-electron chi connectivity index (χ4n) is 2.07. The molecule has 9 heteroatoms.